The molecule has 0 saturated heterocycles. The van der Waals surface area contributed by atoms with Gasteiger partial charge in [-0.25, -0.2) is 0 Å². The molecule has 0 amide bonds. The molecule has 0 bridgehead atoms. The second kappa shape index (κ2) is 5.53. The minimum atomic E-state index is 0.208. The van der Waals surface area contributed by atoms with E-state index in [9.17, 15) is 0 Å². The summed E-state index contributed by atoms with van der Waals surface area (Å²) in [5.41, 5.74) is 9.10. The monoisotopic (exact) mass is 295 g/mol. The van der Waals surface area contributed by atoms with Gasteiger partial charge in [-0.2, -0.15) is 0 Å². The van der Waals surface area contributed by atoms with Crippen LogP contribution >= 0.6 is 15.9 Å². The quantitative estimate of drug-likeness (QED) is 0.849. The number of benzene rings is 1. The van der Waals surface area contributed by atoms with Crippen LogP contribution < -0.4 is 5.73 Å². The predicted octanol–water partition coefficient (Wildman–Crippen LogP) is 4.58. The fourth-order valence-electron chi connectivity index (χ4n) is 2.87. The number of hydrogen-bond acceptors (Lipinski definition) is 1. The highest BCUT2D eigenvalue weighted by molar-refractivity contribution is 9.10. The van der Waals surface area contributed by atoms with Crippen molar-refractivity contribution in [1.82, 2.24) is 0 Å². The van der Waals surface area contributed by atoms with Crippen molar-refractivity contribution in [2.45, 2.75) is 45.6 Å². The third kappa shape index (κ3) is 3.11. The van der Waals surface area contributed by atoms with E-state index in [4.69, 9.17) is 5.73 Å². The summed E-state index contributed by atoms with van der Waals surface area (Å²) in [7, 11) is 0. The van der Waals surface area contributed by atoms with Crippen molar-refractivity contribution in [3.63, 3.8) is 0 Å². The molecule has 0 aliphatic heterocycles. The van der Waals surface area contributed by atoms with E-state index in [-0.39, 0.29) is 6.04 Å². The van der Waals surface area contributed by atoms with E-state index in [0.717, 1.165) is 10.4 Å². The van der Waals surface area contributed by atoms with Gasteiger partial charge in [0.25, 0.3) is 0 Å². The van der Waals surface area contributed by atoms with Gasteiger partial charge in [0.2, 0.25) is 0 Å². The maximum absolute atomic E-state index is 6.46. The van der Waals surface area contributed by atoms with Gasteiger partial charge in [0.15, 0.2) is 0 Å². The summed E-state index contributed by atoms with van der Waals surface area (Å²) in [5, 5.41) is 0. The van der Waals surface area contributed by atoms with Gasteiger partial charge in [0.1, 0.15) is 0 Å². The van der Waals surface area contributed by atoms with Crippen molar-refractivity contribution in [3.8, 4) is 0 Å². The molecule has 1 aromatic carbocycles. The number of aryl methyl sites for hydroxylation is 1. The van der Waals surface area contributed by atoms with Crippen LogP contribution in [0.1, 0.15) is 49.8 Å². The lowest BCUT2D eigenvalue weighted by Gasteiger charge is -2.31. The molecule has 2 heteroatoms. The van der Waals surface area contributed by atoms with Crippen molar-refractivity contribution in [3.05, 3.63) is 33.8 Å². The van der Waals surface area contributed by atoms with Gasteiger partial charge >= 0.3 is 0 Å². The zero-order chi connectivity index (χ0) is 12.4. The summed E-state index contributed by atoms with van der Waals surface area (Å²) < 4.78 is 1.14. The molecule has 2 rings (SSSR count). The van der Waals surface area contributed by atoms with Crippen LogP contribution in [0.2, 0.25) is 0 Å². The molecular weight excluding hydrogens is 274 g/mol. The first-order chi connectivity index (χ1) is 8.08. The Bertz CT molecular complexity index is 381. The highest BCUT2D eigenvalue weighted by atomic mass is 79.9. The first-order valence-electron chi connectivity index (χ1n) is 6.59. The molecule has 1 fully saturated rings. The van der Waals surface area contributed by atoms with Crippen LogP contribution in [0.25, 0.3) is 0 Å². The first-order valence-corrected chi connectivity index (χ1v) is 7.39. The predicted molar refractivity (Wildman–Crippen MR) is 76.9 cm³/mol. The van der Waals surface area contributed by atoms with Crippen molar-refractivity contribution >= 4 is 15.9 Å². The van der Waals surface area contributed by atoms with Crippen LogP contribution in [0, 0.1) is 18.8 Å². The minimum Gasteiger partial charge on any atom is -0.324 e. The number of hydrogen-bond donors (Lipinski definition) is 1. The Hall–Kier alpha value is -0.340. The topological polar surface area (TPSA) is 26.0 Å². The Morgan fingerprint density at radius 2 is 1.88 bits per heavy atom. The maximum Gasteiger partial charge on any atom is 0.0326 e. The molecule has 17 heavy (non-hydrogen) atoms. The molecule has 1 saturated carbocycles. The van der Waals surface area contributed by atoms with Crippen molar-refractivity contribution < 1.29 is 0 Å². The molecule has 1 unspecified atom stereocenters. The summed E-state index contributed by atoms with van der Waals surface area (Å²) in [6.07, 6.45) is 5.25. The van der Waals surface area contributed by atoms with Gasteiger partial charge in [-0.3, -0.25) is 0 Å². The van der Waals surface area contributed by atoms with E-state index >= 15 is 0 Å². The number of halogens is 1. The van der Waals surface area contributed by atoms with Crippen molar-refractivity contribution in [2.24, 2.45) is 17.6 Å². The van der Waals surface area contributed by atoms with Crippen LogP contribution in [0.15, 0.2) is 22.7 Å². The molecule has 2 N–H and O–H groups in total. The van der Waals surface area contributed by atoms with Crippen LogP contribution in [-0.2, 0) is 0 Å². The molecule has 94 valence electrons. The average Bonchev–Trinajstić information content (AvgIpc) is 2.32. The zero-order valence-electron chi connectivity index (χ0n) is 10.7. The van der Waals surface area contributed by atoms with Gasteiger partial charge in [0, 0.05) is 10.5 Å². The summed E-state index contributed by atoms with van der Waals surface area (Å²) in [6.45, 7) is 4.51. The smallest absolute Gasteiger partial charge is 0.0326 e. The van der Waals surface area contributed by atoms with Crippen LogP contribution in [-0.4, -0.2) is 0 Å². The lowest BCUT2D eigenvalue weighted by Crippen LogP contribution is -2.26. The van der Waals surface area contributed by atoms with Gasteiger partial charge < -0.3 is 5.73 Å². The summed E-state index contributed by atoms with van der Waals surface area (Å²) in [5.74, 6) is 1.56. The zero-order valence-corrected chi connectivity index (χ0v) is 12.3. The van der Waals surface area contributed by atoms with Gasteiger partial charge in [0.05, 0.1) is 0 Å². The van der Waals surface area contributed by atoms with Gasteiger partial charge in [-0.05, 0) is 54.9 Å². The Labute approximate surface area is 113 Å². The number of nitrogens with two attached hydrogens (primary N) is 1. The molecule has 1 aliphatic carbocycles. The van der Waals surface area contributed by atoms with Crippen LogP contribution in [0.3, 0.4) is 0 Å². The number of rotatable bonds is 2. The highest BCUT2D eigenvalue weighted by Crippen LogP contribution is 2.36. The molecule has 1 aromatic rings. The lowest BCUT2D eigenvalue weighted by atomic mass is 9.77. The fourth-order valence-corrected chi connectivity index (χ4v) is 3.25. The Morgan fingerprint density at radius 1 is 1.24 bits per heavy atom. The average molecular weight is 296 g/mol. The normalized spacial score (nSPS) is 26.8. The fraction of sp³-hybridized carbons (Fsp3) is 0.600. The van der Waals surface area contributed by atoms with Crippen LogP contribution in [0.4, 0.5) is 0 Å². The first kappa shape index (κ1) is 13.1. The van der Waals surface area contributed by atoms with E-state index in [1.54, 1.807) is 0 Å². The summed E-state index contributed by atoms with van der Waals surface area (Å²) in [4.78, 5) is 0. The Morgan fingerprint density at radius 3 is 2.53 bits per heavy atom. The van der Waals surface area contributed by atoms with Gasteiger partial charge in [-0.1, -0.05) is 41.8 Å². The molecule has 1 atom stereocenters. The largest absolute Gasteiger partial charge is 0.324 e. The lowest BCUT2D eigenvalue weighted by molar-refractivity contribution is 0.255. The van der Waals surface area contributed by atoms with E-state index in [1.807, 2.05) is 0 Å². The molecule has 1 aliphatic rings. The van der Waals surface area contributed by atoms with Crippen molar-refractivity contribution in [2.75, 3.05) is 0 Å². The second-order valence-corrected chi connectivity index (χ2v) is 6.46. The van der Waals surface area contributed by atoms with E-state index < -0.39 is 0 Å². The highest BCUT2D eigenvalue weighted by Gasteiger charge is 2.25. The van der Waals surface area contributed by atoms with E-state index in [1.165, 1.54) is 36.8 Å². The third-order valence-electron chi connectivity index (χ3n) is 4.17. The Kier molecular flexibility index (Phi) is 4.26. The second-order valence-electron chi connectivity index (χ2n) is 5.55. The standard InChI is InChI=1S/C15H22BrN/c1-10-3-6-12(7-4-10)15(17)14-9-13(16)8-5-11(14)2/h5,8-10,12,15H,3-4,6-7,17H2,1-2H3. The Balaban J connectivity index is 2.13. The van der Waals surface area contributed by atoms with Crippen LogP contribution in [0.5, 0.6) is 0 Å². The molecule has 0 aromatic heterocycles. The SMILES string of the molecule is Cc1ccc(Br)cc1C(N)C1CCC(C)CC1. The van der Waals surface area contributed by atoms with E-state index in [0.29, 0.717) is 5.92 Å². The van der Waals surface area contributed by atoms with Gasteiger partial charge in [-0.15, -0.1) is 0 Å². The summed E-state index contributed by atoms with van der Waals surface area (Å²) in [6, 6.07) is 6.65. The third-order valence-corrected chi connectivity index (χ3v) is 4.66. The molecular formula is C15H22BrN. The molecule has 0 radical (unpaired) electrons. The maximum atomic E-state index is 6.46. The molecule has 0 heterocycles. The van der Waals surface area contributed by atoms with Crippen molar-refractivity contribution in [1.29, 1.82) is 0 Å². The van der Waals surface area contributed by atoms with E-state index in [2.05, 4.69) is 48.0 Å². The molecule has 0 spiro atoms. The molecule has 1 nitrogen and oxygen atoms in total. The summed E-state index contributed by atoms with van der Waals surface area (Å²) >= 11 is 3.54. The minimum absolute atomic E-state index is 0.208.